The zero-order valence-electron chi connectivity index (χ0n) is 29.9. The number of rotatable bonds is 8. The van der Waals surface area contributed by atoms with Crippen molar-refractivity contribution in [3.63, 3.8) is 0 Å². The van der Waals surface area contributed by atoms with Gasteiger partial charge in [0.2, 0.25) is 5.78 Å². The van der Waals surface area contributed by atoms with Crippen molar-refractivity contribution in [3.05, 3.63) is 70.4 Å². The fraction of sp³-hybridized carbons (Fsp3) is 0.634. The first-order valence-corrected chi connectivity index (χ1v) is 17.8. The van der Waals surface area contributed by atoms with Crippen LogP contribution in [0.5, 0.6) is 0 Å². The van der Waals surface area contributed by atoms with Gasteiger partial charge >= 0.3 is 5.97 Å². The summed E-state index contributed by atoms with van der Waals surface area (Å²) in [6.45, 7) is 13.8. The Morgan fingerprint density at radius 3 is 2.50 bits per heavy atom. The molecular weight excluding hydrogens is 607 g/mol. The fourth-order valence-electron chi connectivity index (χ4n) is 10.3. The lowest BCUT2D eigenvalue weighted by molar-refractivity contribution is -0.186. The van der Waals surface area contributed by atoms with E-state index in [0.717, 1.165) is 12.0 Å². The number of aliphatic hydroxyl groups is 2. The Balaban J connectivity index is 1.20. The van der Waals surface area contributed by atoms with Crippen molar-refractivity contribution in [3.8, 4) is 0 Å². The molecule has 0 unspecified atom stereocenters. The molecule has 0 bridgehead atoms. The first-order valence-electron chi connectivity index (χ1n) is 17.8. The van der Waals surface area contributed by atoms with Crippen molar-refractivity contribution < 1.29 is 33.7 Å². The van der Waals surface area contributed by atoms with Crippen molar-refractivity contribution in [1.82, 2.24) is 0 Å². The number of hydrogen-bond donors (Lipinski definition) is 2. The SMILES string of the molecule is CC1=C(/C=C/C(C)=C/C=C/C(C)=C/C(=O)OCC(=O)[C@@]2(O)CC[C@H]3[C@@H]4C[C@H](F)C5=CC(=O)CC[C@]5(C)[C@H]4[C@@H](O)C[C@@]32C)C(C)(C)CCC1. The van der Waals surface area contributed by atoms with E-state index in [-0.39, 0.29) is 48.2 Å². The number of ether oxygens (including phenoxy) is 1. The third kappa shape index (κ3) is 6.54. The number of halogens is 1. The van der Waals surface area contributed by atoms with Crippen LogP contribution in [0.1, 0.15) is 106 Å². The van der Waals surface area contributed by atoms with Crippen LogP contribution < -0.4 is 0 Å². The Morgan fingerprint density at radius 2 is 1.79 bits per heavy atom. The van der Waals surface area contributed by atoms with Gasteiger partial charge < -0.3 is 14.9 Å². The average Bonchev–Trinajstić information content (AvgIpc) is 3.26. The number of alkyl halides is 1. The van der Waals surface area contributed by atoms with Gasteiger partial charge in [0.05, 0.1) is 6.10 Å². The number of fused-ring (bicyclic) bond motifs is 5. The summed E-state index contributed by atoms with van der Waals surface area (Å²) in [6, 6.07) is 0. The number of carbonyl (C=O) groups excluding carboxylic acids is 3. The lowest BCUT2D eigenvalue weighted by Crippen LogP contribution is -2.63. The minimum Gasteiger partial charge on any atom is -0.454 e. The van der Waals surface area contributed by atoms with Crippen LogP contribution in [0, 0.1) is 34.0 Å². The molecule has 5 aliphatic rings. The van der Waals surface area contributed by atoms with Gasteiger partial charge in [-0.15, -0.1) is 0 Å². The summed E-state index contributed by atoms with van der Waals surface area (Å²) in [4.78, 5) is 38.4. The Morgan fingerprint density at radius 1 is 1.06 bits per heavy atom. The topological polar surface area (TPSA) is 101 Å². The summed E-state index contributed by atoms with van der Waals surface area (Å²) < 4.78 is 21.0. The molecule has 6 nitrogen and oxygen atoms in total. The molecule has 5 rings (SSSR count). The summed E-state index contributed by atoms with van der Waals surface area (Å²) in [5, 5.41) is 23.5. The lowest BCUT2D eigenvalue weighted by Gasteiger charge is -2.61. The van der Waals surface area contributed by atoms with E-state index in [2.05, 4.69) is 32.9 Å². The summed E-state index contributed by atoms with van der Waals surface area (Å²) in [6.07, 6.45) is 16.0. The zero-order chi connectivity index (χ0) is 35.2. The Kier molecular flexibility index (Phi) is 10.2. The monoisotopic (exact) mass is 662 g/mol. The van der Waals surface area contributed by atoms with E-state index >= 15 is 4.39 Å². The van der Waals surface area contributed by atoms with E-state index in [1.54, 1.807) is 13.0 Å². The van der Waals surface area contributed by atoms with Crippen LogP contribution in [0.2, 0.25) is 0 Å². The zero-order valence-corrected chi connectivity index (χ0v) is 29.9. The van der Waals surface area contributed by atoms with Crippen LogP contribution in [-0.4, -0.2) is 52.2 Å². The van der Waals surface area contributed by atoms with E-state index in [0.29, 0.717) is 30.4 Å². The Labute approximate surface area is 286 Å². The number of esters is 1. The van der Waals surface area contributed by atoms with Gasteiger partial charge in [0.25, 0.3) is 0 Å². The summed E-state index contributed by atoms with van der Waals surface area (Å²) in [5.74, 6) is -2.01. The second-order valence-corrected chi connectivity index (χ2v) is 16.5. The van der Waals surface area contributed by atoms with Crippen molar-refractivity contribution in [2.45, 2.75) is 124 Å². The highest BCUT2D eigenvalue weighted by Gasteiger charge is 2.69. The molecule has 0 radical (unpaired) electrons. The quantitative estimate of drug-likeness (QED) is 0.156. The van der Waals surface area contributed by atoms with Crippen LogP contribution in [0.3, 0.4) is 0 Å². The molecule has 7 heteroatoms. The highest BCUT2D eigenvalue weighted by molar-refractivity contribution is 5.93. The van der Waals surface area contributed by atoms with E-state index in [4.69, 9.17) is 4.74 Å². The Hall–Kier alpha value is -2.90. The molecule has 0 aromatic carbocycles. The van der Waals surface area contributed by atoms with Crippen molar-refractivity contribution in [1.29, 1.82) is 0 Å². The van der Waals surface area contributed by atoms with Crippen LogP contribution in [-0.2, 0) is 19.1 Å². The number of aliphatic hydroxyl groups excluding tert-OH is 1. The van der Waals surface area contributed by atoms with Gasteiger partial charge in [-0.05, 0) is 124 Å². The maximum absolute atomic E-state index is 15.6. The van der Waals surface area contributed by atoms with Crippen LogP contribution in [0.4, 0.5) is 4.39 Å². The van der Waals surface area contributed by atoms with E-state index in [1.807, 2.05) is 32.9 Å². The maximum atomic E-state index is 15.6. The smallest absolute Gasteiger partial charge is 0.331 e. The molecule has 0 amide bonds. The van der Waals surface area contributed by atoms with Crippen molar-refractivity contribution >= 4 is 17.5 Å². The van der Waals surface area contributed by atoms with E-state index in [1.165, 1.54) is 36.1 Å². The van der Waals surface area contributed by atoms with Gasteiger partial charge in [-0.1, -0.05) is 69.2 Å². The van der Waals surface area contributed by atoms with Crippen molar-refractivity contribution in [2.24, 2.45) is 34.0 Å². The number of ketones is 2. The maximum Gasteiger partial charge on any atom is 0.331 e. The summed E-state index contributed by atoms with van der Waals surface area (Å²) >= 11 is 0. The molecule has 5 aliphatic carbocycles. The van der Waals surface area contributed by atoms with Crippen molar-refractivity contribution in [2.75, 3.05) is 6.61 Å². The van der Waals surface area contributed by atoms with Gasteiger partial charge in [-0.2, -0.15) is 0 Å². The van der Waals surface area contributed by atoms with Gasteiger partial charge in [0.15, 0.2) is 12.4 Å². The molecular formula is C41H55FO6. The molecule has 0 aromatic heterocycles. The van der Waals surface area contributed by atoms with Crippen LogP contribution in [0.25, 0.3) is 0 Å². The predicted molar refractivity (Wildman–Crippen MR) is 185 cm³/mol. The summed E-state index contributed by atoms with van der Waals surface area (Å²) in [5.41, 5.74) is 1.83. The molecule has 0 spiro atoms. The van der Waals surface area contributed by atoms with Gasteiger partial charge in [0.1, 0.15) is 11.8 Å². The fourth-order valence-corrected chi connectivity index (χ4v) is 10.3. The highest BCUT2D eigenvalue weighted by atomic mass is 19.1. The third-order valence-electron chi connectivity index (χ3n) is 13.0. The summed E-state index contributed by atoms with van der Waals surface area (Å²) in [7, 11) is 0. The first kappa shape index (κ1) is 36.4. The molecule has 8 atom stereocenters. The second kappa shape index (κ2) is 13.4. The standard InChI is InChI=1S/C41H55FO6/c1-25(13-14-30-27(3)12-9-17-38(30,4)5)10-8-11-26(2)20-36(46)48-24-35(45)41(47)19-16-31-29-22-33(42)32-21-28(43)15-18-39(32,6)37(29)34(44)23-40(31,41)7/h8,10-11,13-14,20-21,29,31,33-34,37,44,47H,9,12,15-19,22-24H2,1-7H3/b11-8+,14-13+,25-10+,26-20+/t29-,31-,33-,34-,37+,39-,40-,41-/m0/s1. The molecule has 262 valence electrons. The Bertz CT molecular complexity index is 1520. The second-order valence-electron chi connectivity index (χ2n) is 16.5. The molecule has 0 aromatic rings. The van der Waals surface area contributed by atoms with Gasteiger partial charge in [-0.3, -0.25) is 9.59 Å². The molecule has 2 N–H and O–H groups in total. The lowest BCUT2D eigenvalue weighted by atomic mass is 9.45. The van der Waals surface area contributed by atoms with E-state index < -0.39 is 47.1 Å². The first-order chi connectivity index (χ1) is 22.4. The normalized spacial score (nSPS) is 38.5. The number of hydrogen-bond acceptors (Lipinski definition) is 6. The predicted octanol–water partition coefficient (Wildman–Crippen LogP) is 7.81. The molecule has 0 saturated heterocycles. The molecule has 0 aliphatic heterocycles. The third-order valence-corrected chi connectivity index (χ3v) is 13.0. The highest BCUT2D eigenvalue weighted by Crippen LogP contribution is 2.68. The largest absolute Gasteiger partial charge is 0.454 e. The average molecular weight is 663 g/mol. The number of allylic oxidation sites excluding steroid dienone is 10. The molecule has 3 fully saturated rings. The molecule has 0 heterocycles. The molecule has 3 saturated carbocycles. The minimum atomic E-state index is -1.80. The van der Waals surface area contributed by atoms with Gasteiger partial charge in [0, 0.05) is 17.9 Å². The van der Waals surface area contributed by atoms with Crippen LogP contribution in [0.15, 0.2) is 70.4 Å². The number of carbonyl (C=O) groups is 3. The molecule has 48 heavy (non-hydrogen) atoms. The van der Waals surface area contributed by atoms with E-state index in [9.17, 15) is 24.6 Å². The minimum absolute atomic E-state index is 0.0721. The number of Topliss-reactive ketones (excluding diaryl/α,β-unsaturated/α-hetero) is 1. The van der Waals surface area contributed by atoms with Crippen LogP contribution >= 0.6 is 0 Å². The van der Waals surface area contributed by atoms with Gasteiger partial charge in [-0.25, -0.2) is 9.18 Å².